The summed E-state index contributed by atoms with van der Waals surface area (Å²) in [6, 6.07) is 6.99. The fourth-order valence-corrected chi connectivity index (χ4v) is 5.56. The molecule has 10 nitrogen and oxygen atoms in total. The Hall–Kier alpha value is -2.50. The number of hydrogen-bond acceptors (Lipinski definition) is 8. The number of piperidine rings is 1. The molecular weight excluding hydrogens is 434 g/mol. The van der Waals surface area contributed by atoms with Gasteiger partial charge in [-0.15, -0.1) is 0 Å². The molecule has 1 amide bonds. The third-order valence-electron chi connectivity index (χ3n) is 6.41. The van der Waals surface area contributed by atoms with Gasteiger partial charge in [0.1, 0.15) is 5.75 Å². The number of nitrogens with one attached hydrogen (secondary N) is 1. The van der Waals surface area contributed by atoms with Gasteiger partial charge in [0.25, 0.3) is 0 Å². The highest BCUT2D eigenvalue weighted by Crippen LogP contribution is 2.48. The molecular formula is C21H29N5O5S. The number of anilines is 1. The monoisotopic (exact) mass is 463 g/mol. The average Bonchev–Trinajstić information content (AvgIpc) is 3.32. The maximum atomic E-state index is 12.8. The van der Waals surface area contributed by atoms with Gasteiger partial charge in [-0.05, 0) is 55.9 Å². The SMILES string of the molecule is COc1ccc(NC(=O)CN2CC3(CCN(S(C)(=O)=O)CC3)CC2c2nc(C)no2)cc1. The van der Waals surface area contributed by atoms with Gasteiger partial charge in [-0.25, -0.2) is 12.7 Å². The number of amides is 1. The lowest BCUT2D eigenvalue weighted by Gasteiger charge is -2.38. The van der Waals surface area contributed by atoms with Crippen molar-refractivity contribution < 1.29 is 22.5 Å². The molecule has 1 aromatic heterocycles. The van der Waals surface area contributed by atoms with E-state index in [1.807, 2.05) is 0 Å². The van der Waals surface area contributed by atoms with Crippen LogP contribution in [0.1, 0.15) is 37.0 Å². The van der Waals surface area contributed by atoms with Gasteiger partial charge in [0, 0.05) is 25.3 Å². The second kappa shape index (κ2) is 8.80. The molecule has 0 radical (unpaired) electrons. The number of benzene rings is 1. The van der Waals surface area contributed by atoms with E-state index in [-0.39, 0.29) is 23.9 Å². The Balaban J connectivity index is 1.47. The molecule has 32 heavy (non-hydrogen) atoms. The van der Waals surface area contributed by atoms with Crippen molar-refractivity contribution >= 4 is 21.6 Å². The van der Waals surface area contributed by atoms with Crippen LogP contribution < -0.4 is 10.1 Å². The van der Waals surface area contributed by atoms with E-state index >= 15 is 0 Å². The Labute approximate surface area is 188 Å². The lowest BCUT2D eigenvalue weighted by molar-refractivity contribution is -0.117. The molecule has 1 spiro atoms. The topological polar surface area (TPSA) is 118 Å². The molecule has 1 aromatic carbocycles. The standard InChI is InChI=1S/C21H29N5O5S/c1-15-22-20(31-24-15)18-12-21(8-10-26(11-9-21)32(3,28)29)14-25(18)13-19(27)23-16-4-6-17(30-2)7-5-16/h4-7,18H,8-14H2,1-3H3,(H,23,27). The number of aromatic nitrogens is 2. The number of likely N-dealkylation sites (tertiary alicyclic amines) is 1. The number of carbonyl (C=O) groups is 1. The predicted octanol–water partition coefficient (Wildman–Crippen LogP) is 1.81. The highest BCUT2D eigenvalue weighted by molar-refractivity contribution is 7.88. The molecule has 2 saturated heterocycles. The maximum Gasteiger partial charge on any atom is 0.244 e. The van der Waals surface area contributed by atoms with Crippen LogP contribution in [0.4, 0.5) is 5.69 Å². The van der Waals surface area contributed by atoms with Crippen LogP contribution in [0.15, 0.2) is 28.8 Å². The van der Waals surface area contributed by atoms with Crippen LogP contribution in [0.5, 0.6) is 5.75 Å². The number of aryl methyl sites for hydroxylation is 1. The van der Waals surface area contributed by atoms with Crippen molar-refractivity contribution in [2.45, 2.75) is 32.2 Å². The number of rotatable bonds is 6. The van der Waals surface area contributed by atoms with Crippen LogP contribution in [0, 0.1) is 12.3 Å². The largest absolute Gasteiger partial charge is 0.497 e. The first-order valence-electron chi connectivity index (χ1n) is 10.6. The van der Waals surface area contributed by atoms with Crippen LogP contribution in [0.3, 0.4) is 0 Å². The molecule has 1 unspecified atom stereocenters. The van der Waals surface area contributed by atoms with Crippen LogP contribution in [0.2, 0.25) is 0 Å². The Bertz CT molecular complexity index is 1060. The smallest absolute Gasteiger partial charge is 0.244 e. The number of ether oxygens (including phenoxy) is 1. The Morgan fingerprint density at radius 2 is 1.97 bits per heavy atom. The molecule has 0 saturated carbocycles. The van der Waals surface area contributed by atoms with E-state index in [9.17, 15) is 13.2 Å². The third-order valence-corrected chi connectivity index (χ3v) is 7.71. The summed E-state index contributed by atoms with van der Waals surface area (Å²) < 4.78 is 36.0. The summed E-state index contributed by atoms with van der Waals surface area (Å²) in [4.78, 5) is 19.3. The van der Waals surface area contributed by atoms with Crippen LogP contribution in [-0.4, -0.2) is 73.2 Å². The lowest BCUT2D eigenvalue weighted by atomic mass is 9.77. The second-order valence-electron chi connectivity index (χ2n) is 8.74. The molecule has 3 heterocycles. The molecule has 1 atom stereocenters. The fraction of sp³-hybridized carbons (Fsp3) is 0.571. The van der Waals surface area contributed by atoms with E-state index in [4.69, 9.17) is 9.26 Å². The summed E-state index contributed by atoms with van der Waals surface area (Å²) in [5.74, 6) is 1.64. The molecule has 174 valence electrons. The van der Waals surface area contributed by atoms with E-state index < -0.39 is 10.0 Å². The van der Waals surface area contributed by atoms with Gasteiger partial charge in [0.15, 0.2) is 5.82 Å². The highest BCUT2D eigenvalue weighted by atomic mass is 32.2. The number of carbonyl (C=O) groups excluding carboxylic acids is 1. The van der Waals surface area contributed by atoms with Crippen LogP contribution in [-0.2, 0) is 14.8 Å². The van der Waals surface area contributed by atoms with Gasteiger partial charge < -0.3 is 14.6 Å². The van der Waals surface area contributed by atoms with Gasteiger partial charge in [-0.1, -0.05) is 5.16 Å². The Morgan fingerprint density at radius 3 is 2.53 bits per heavy atom. The maximum absolute atomic E-state index is 12.8. The number of nitrogens with zero attached hydrogens (tertiary/aromatic N) is 4. The summed E-state index contributed by atoms with van der Waals surface area (Å²) in [5, 5.41) is 6.85. The molecule has 4 rings (SSSR count). The summed E-state index contributed by atoms with van der Waals surface area (Å²) >= 11 is 0. The van der Waals surface area contributed by atoms with E-state index in [1.165, 1.54) is 10.6 Å². The zero-order valence-corrected chi connectivity index (χ0v) is 19.4. The Kier molecular flexibility index (Phi) is 6.24. The summed E-state index contributed by atoms with van der Waals surface area (Å²) in [6.07, 6.45) is 3.47. The molecule has 0 bridgehead atoms. The summed E-state index contributed by atoms with van der Waals surface area (Å²) in [5.41, 5.74) is 0.602. The van der Waals surface area contributed by atoms with Crippen molar-refractivity contribution in [2.24, 2.45) is 5.41 Å². The third kappa shape index (κ3) is 4.94. The van der Waals surface area contributed by atoms with E-state index in [2.05, 4.69) is 20.4 Å². The van der Waals surface area contributed by atoms with Gasteiger partial charge in [0.2, 0.25) is 21.8 Å². The molecule has 2 aliphatic rings. The molecule has 1 N–H and O–H groups in total. The lowest BCUT2D eigenvalue weighted by Crippen LogP contribution is -2.44. The zero-order chi connectivity index (χ0) is 22.9. The van der Waals surface area contributed by atoms with Crippen molar-refractivity contribution in [3.8, 4) is 5.75 Å². The van der Waals surface area contributed by atoms with Crippen LogP contribution in [0.25, 0.3) is 0 Å². The molecule has 11 heteroatoms. The van der Waals surface area contributed by atoms with E-state index in [1.54, 1.807) is 38.3 Å². The van der Waals surface area contributed by atoms with Gasteiger partial charge in [0.05, 0.1) is 26.0 Å². The minimum atomic E-state index is -3.20. The number of sulfonamides is 1. The minimum absolute atomic E-state index is 0.0887. The first-order chi connectivity index (χ1) is 15.2. The fourth-order valence-electron chi connectivity index (χ4n) is 4.72. The van der Waals surface area contributed by atoms with Crippen molar-refractivity contribution in [1.82, 2.24) is 19.3 Å². The summed E-state index contributed by atoms with van der Waals surface area (Å²) in [7, 11) is -1.61. The van der Waals surface area contributed by atoms with Gasteiger partial charge in [-0.3, -0.25) is 9.69 Å². The quantitative estimate of drug-likeness (QED) is 0.689. The molecule has 2 fully saturated rings. The van der Waals surface area contributed by atoms with Crippen LogP contribution >= 0.6 is 0 Å². The highest BCUT2D eigenvalue weighted by Gasteiger charge is 2.49. The van der Waals surface area contributed by atoms with E-state index in [0.717, 1.165) is 25.0 Å². The predicted molar refractivity (Wildman–Crippen MR) is 118 cm³/mol. The zero-order valence-electron chi connectivity index (χ0n) is 18.6. The molecule has 2 aliphatic heterocycles. The Morgan fingerprint density at radius 1 is 1.28 bits per heavy atom. The normalized spacial score (nSPS) is 21.7. The first kappa shape index (κ1) is 22.7. The van der Waals surface area contributed by atoms with Crippen molar-refractivity contribution in [3.05, 3.63) is 36.0 Å². The van der Waals surface area contributed by atoms with Gasteiger partial charge >= 0.3 is 0 Å². The van der Waals surface area contributed by atoms with Gasteiger partial charge in [-0.2, -0.15) is 4.98 Å². The number of methoxy groups -OCH3 is 1. The minimum Gasteiger partial charge on any atom is -0.497 e. The molecule has 2 aromatic rings. The summed E-state index contributed by atoms with van der Waals surface area (Å²) in [6.45, 7) is 3.59. The van der Waals surface area contributed by atoms with Crippen molar-refractivity contribution in [1.29, 1.82) is 0 Å². The average molecular weight is 464 g/mol. The molecule has 0 aliphatic carbocycles. The van der Waals surface area contributed by atoms with E-state index in [0.29, 0.717) is 37.0 Å². The first-order valence-corrected chi connectivity index (χ1v) is 12.5. The second-order valence-corrected chi connectivity index (χ2v) is 10.7. The number of hydrogen-bond donors (Lipinski definition) is 1. The van der Waals surface area contributed by atoms with Crippen molar-refractivity contribution in [3.63, 3.8) is 0 Å². The van der Waals surface area contributed by atoms with Crippen molar-refractivity contribution in [2.75, 3.05) is 44.9 Å².